The Morgan fingerprint density at radius 1 is 1.61 bits per heavy atom. The molecule has 2 N–H and O–H groups in total. The molecule has 0 radical (unpaired) electrons. The van der Waals surface area contributed by atoms with E-state index < -0.39 is 0 Å². The van der Waals surface area contributed by atoms with Crippen molar-refractivity contribution < 1.29 is 4.79 Å². The van der Waals surface area contributed by atoms with E-state index in [4.69, 9.17) is 0 Å². The second-order valence-corrected chi connectivity index (χ2v) is 4.67. The number of rotatable bonds is 4. The van der Waals surface area contributed by atoms with E-state index in [1.54, 1.807) is 17.6 Å². The number of hydrogen-bond acceptors (Lipinski definition) is 4. The standard InChI is InChI=1S/C11H14BrN5O/c1-3-13-10(18)7(2)14-11-15-9-8(12)5-4-6-17(9)16-11/h4-7H,3H2,1-2H3,(H,13,18)(H,14,16). The molecule has 1 atom stereocenters. The fourth-order valence-electron chi connectivity index (χ4n) is 1.52. The molecule has 0 saturated carbocycles. The largest absolute Gasteiger partial charge is 0.355 e. The summed E-state index contributed by atoms with van der Waals surface area (Å²) in [7, 11) is 0. The third-order valence-corrected chi connectivity index (χ3v) is 3.02. The van der Waals surface area contributed by atoms with Gasteiger partial charge in [0.2, 0.25) is 11.9 Å². The zero-order valence-electron chi connectivity index (χ0n) is 10.1. The maximum atomic E-state index is 11.6. The molecule has 7 heteroatoms. The van der Waals surface area contributed by atoms with Crippen LogP contribution in [0.25, 0.3) is 5.65 Å². The Morgan fingerprint density at radius 2 is 2.39 bits per heavy atom. The highest BCUT2D eigenvalue weighted by molar-refractivity contribution is 9.10. The highest BCUT2D eigenvalue weighted by atomic mass is 79.9. The fraction of sp³-hybridized carbons (Fsp3) is 0.364. The number of fused-ring (bicyclic) bond motifs is 1. The van der Waals surface area contributed by atoms with Gasteiger partial charge in [-0.05, 0) is 41.9 Å². The van der Waals surface area contributed by atoms with Gasteiger partial charge in [-0.2, -0.15) is 4.98 Å². The second kappa shape index (κ2) is 5.34. The number of carbonyl (C=O) groups is 1. The van der Waals surface area contributed by atoms with Crippen molar-refractivity contribution in [1.29, 1.82) is 0 Å². The van der Waals surface area contributed by atoms with Gasteiger partial charge < -0.3 is 10.6 Å². The lowest BCUT2D eigenvalue weighted by Crippen LogP contribution is -2.37. The molecule has 0 saturated heterocycles. The number of carbonyl (C=O) groups excluding carboxylic acids is 1. The predicted molar refractivity (Wildman–Crippen MR) is 72.5 cm³/mol. The summed E-state index contributed by atoms with van der Waals surface area (Å²) in [4.78, 5) is 15.9. The van der Waals surface area contributed by atoms with Crippen LogP contribution >= 0.6 is 15.9 Å². The Hall–Kier alpha value is -1.63. The van der Waals surface area contributed by atoms with Gasteiger partial charge >= 0.3 is 0 Å². The maximum absolute atomic E-state index is 11.6. The van der Waals surface area contributed by atoms with Crippen LogP contribution < -0.4 is 10.6 Å². The molecule has 0 aliphatic heterocycles. The minimum absolute atomic E-state index is 0.0737. The summed E-state index contributed by atoms with van der Waals surface area (Å²) >= 11 is 3.40. The highest BCUT2D eigenvalue weighted by Crippen LogP contribution is 2.16. The van der Waals surface area contributed by atoms with Gasteiger partial charge in [0, 0.05) is 12.7 Å². The van der Waals surface area contributed by atoms with Crippen molar-refractivity contribution in [3.8, 4) is 0 Å². The van der Waals surface area contributed by atoms with E-state index in [-0.39, 0.29) is 11.9 Å². The number of nitrogens with zero attached hydrogens (tertiary/aromatic N) is 3. The van der Waals surface area contributed by atoms with Crippen molar-refractivity contribution in [1.82, 2.24) is 19.9 Å². The van der Waals surface area contributed by atoms with Crippen LogP contribution in [0.15, 0.2) is 22.8 Å². The van der Waals surface area contributed by atoms with Crippen LogP contribution in [0.3, 0.4) is 0 Å². The molecular weight excluding hydrogens is 298 g/mol. The second-order valence-electron chi connectivity index (χ2n) is 3.82. The molecular formula is C11H14BrN5O. The quantitative estimate of drug-likeness (QED) is 0.896. The number of nitrogens with one attached hydrogen (secondary N) is 2. The first-order valence-electron chi connectivity index (χ1n) is 5.67. The minimum Gasteiger partial charge on any atom is -0.355 e. The van der Waals surface area contributed by atoms with E-state index in [2.05, 4.69) is 36.6 Å². The van der Waals surface area contributed by atoms with Gasteiger partial charge in [-0.15, -0.1) is 5.10 Å². The summed E-state index contributed by atoms with van der Waals surface area (Å²) in [6.45, 7) is 4.26. The van der Waals surface area contributed by atoms with E-state index in [1.807, 2.05) is 19.1 Å². The Labute approximate surface area is 113 Å². The topological polar surface area (TPSA) is 71.3 Å². The smallest absolute Gasteiger partial charge is 0.243 e. The molecule has 2 rings (SSSR count). The lowest BCUT2D eigenvalue weighted by atomic mass is 10.3. The summed E-state index contributed by atoms with van der Waals surface area (Å²) in [6, 6.07) is 3.38. The first kappa shape index (κ1) is 12.8. The molecule has 2 aromatic rings. The average molecular weight is 312 g/mol. The zero-order chi connectivity index (χ0) is 13.1. The van der Waals surface area contributed by atoms with Crippen molar-refractivity contribution in [2.45, 2.75) is 19.9 Å². The van der Waals surface area contributed by atoms with Gasteiger partial charge in [0.15, 0.2) is 5.65 Å². The number of hydrogen-bond donors (Lipinski definition) is 2. The minimum atomic E-state index is -0.374. The van der Waals surface area contributed by atoms with Gasteiger partial charge in [-0.1, -0.05) is 0 Å². The molecule has 0 fully saturated rings. The lowest BCUT2D eigenvalue weighted by Gasteiger charge is -2.10. The van der Waals surface area contributed by atoms with Gasteiger partial charge in [0.1, 0.15) is 6.04 Å². The molecule has 0 aliphatic rings. The van der Waals surface area contributed by atoms with Crippen LogP contribution in [-0.2, 0) is 4.79 Å². The van der Waals surface area contributed by atoms with Crippen molar-refractivity contribution in [3.05, 3.63) is 22.8 Å². The monoisotopic (exact) mass is 311 g/mol. The Kier molecular flexibility index (Phi) is 3.81. The third kappa shape index (κ3) is 2.61. The van der Waals surface area contributed by atoms with E-state index >= 15 is 0 Å². The summed E-state index contributed by atoms with van der Waals surface area (Å²) in [5.41, 5.74) is 0.711. The summed E-state index contributed by atoms with van der Waals surface area (Å²) < 4.78 is 2.51. The van der Waals surface area contributed by atoms with Gasteiger partial charge in [-0.3, -0.25) is 4.79 Å². The molecule has 6 nitrogen and oxygen atoms in total. The maximum Gasteiger partial charge on any atom is 0.243 e. The molecule has 1 unspecified atom stereocenters. The molecule has 2 heterocycles. The molecule has 18 heavy (non-hydrogen) atoms. The molecule has 2 aromatic heterocycles. The zero-order valence-corrected chi connectivity index (χ0v) is 11.7. The molecule has 0 aromatic carbocycles. The summed E-state index contributed by atoms with van der Waals surface area (Å²) in [5.74, 6) is 0.357. The van der Waals surface area contributed by atoms with Gasteiger partial charge in [0.05, 0.1) is 4.47 Å². The first-order chi connectivity index (χ1) is 8.61. The Balaban J connectivity index is 2.17. The van der Waals surface area contributed by atoms with Crippen LogP contribution in [0, 0.1) is 0 Å². The van der Waals surface area contributed by atoms with Gasteiger partial charge in [0.25, 0.3) is 0 Å². The molecule has 0 aliphatic carbocycles. The first-order valence-corrected chi connectivity index (χ1v) is 6.46. The lowest BCUT2D eigenvalue weighted by molar-refractivity contribution is -0.121. The molecule has 0 bridgehead atoms. The number of amides is 1. The van der Waals surface area contributed by atoms with Crippen molar-refractivity contribution in [3.63, 3.8) is 0 Å². The number of likely N-dealkylation sites (N-methyl/N-ethyl adjacent to an activating group) is 1. The van der Waals surface area contributed by atoms with Crippen molar-refractivity contribution in [2.24, 2.45) is 0 Å². The van der Waals surface area contributed by atoms with Crippen molar-refractivity contribution >= 4 is 33.4 Å². The van der Waals surface area contributed by atoms with Crippen LogP contribution in [0.4, 0.5) is 5.95 Å². The van der Waals surface area contributed by atoms with Crippen LogP contribution in [0.1, 0.15) is 13.8 Å². The number of pyridine rings is 1. The number of halogens is 1. The SMILES string of the molecule is CCNC(=O)C(C)Nc1nc2c(Br)cccn2n1. The Morgan fingerprint density at radius 3 is 3.06 bits per heavy atom. The Bertz CT molecular complexity index is 568. The molecule has 0 spiro atoms. The molecule has 1 amide bonds. The van der Waals surface area contributed by atoms with E-state index in [1.165, 1.54) is 0 Å². The van der Waals surface area contributed by atoms with E-state index in [0.29, 0.717) is 18.1 Å². The molecule has 96 valence electrons. The van der Waals surface area contributed by atoms with Crippen LogP contribution in [0.2, 0.25) is 0 Å². The highest BCUT2D eigenvalue weighted by Gasteiger charge is 2.14. The summed E-state index contributed by atoms with van der Waals surface area (Å²) in [6.07, 6.45) is 1.80. The third-order valence-electron chi connectivity index (χ3n) is 2.40. The summed E-state index contributed by atoms with van der Waals surface area (Å²) in [5, 5.41) is 9.95. The van der Waals surface area contributed by atoms with Gasteiger partial charge in [-0.25, -0.2) is 4.52 Å². The fourth-order valence-corrected chi connectivity index (χ4v) is 1.94. The van der Waals surface area contributed by atoms with Crippen molar-refractivity contribution in [2.75, 3.05) is 11.9 Å². The number of aromatic nitrogens is 3. The van der Waals surface area contributed by atoms with E-state index in [0.717, 1.165) is 4.47 Å². The van der Waals surface area contributed by atoms with Crippen LogP contribution in [-0.4, -0.2) is 33.1 Å². The predicted octanol–water partition coefficient (Wildman–Crippen LogP) is 1.43. The average Bonchev–Trinajstić information content (AvgIpc) is 2.73. The van der Waals surface area contributed by atoms with E-state index in [9.17, 15) is 4.79 Å². The normalized spacial score (nSPS) is 12.4. The number of anilines is 1. The van der Waals surface area contributed by atoms with Crippen LogP contribution in [0.5, 0.6) is 0 Å².